The fourth-order valence-electron chi connectivity index (χ4n) is 2.26. The average Bonchev–Trinajstić information content (AvgIpc) is 2.48. The molecule has 0 bridgehead atoms. The van der Waals surface area contributed by atoms with Gasteiger partial charge in [0.1, 0.15) is 0 Å². The van der Waals surface area contributed by atoms with Gasteiger partial charge in [-0.15, -0.1) is 0 Å². The molecule has 0 amide bonds. The third kappa shape index (κ3) is 4.94. The van der Waals surface area contributed by atoms with Gasteiger partial charge >= 0.3 is 0 Å². The molecule has 1 rings (SSSR count). The Morgan fingerprint density at radius 1 is 1.16 bits per heavy atom. The first kappa shape index (κ1) is 16.2. The summed E-state index contributed by atoms with van der Waals surface area (Å²) >= 11 is 0. The lowest BCUT2D eigenvalue weighted by molar-refractivity contribution is 0.0870. The van der Waals surface area contributed by atoms with E-state index >= 15 is 0 Å². The lowest BCUT2D eigenvalue weighted by atomic mass is 9.78. The lowest BCUT2D eigenvalue weighted by Crippen LogP contribution is -2.42. The minimum Gasteiger partial charge on any atom is -0.383 e. The van der Waals surface area contributed by atoms with Crippen molar-refractivity contribution in [3.8, 4) is 0 Å². The van der Waals surface area contributed by atoms with E-state index in [1.54, 1.807) is 7.11 Å². The Kier molecular flexibility index (Phi) is 7.72. The van der Waals surface area contributed by atoms with Crippen LogP contribution < -0.4 is 5.32 Å². The van der Waals surface area contributed by atoms with Crippen LogP contribution in [-0.2, 0) is 14.9 Å². The van der Waals surface area contributed by atoms with Crippen LogP contribution in [0.25, 0.3) is 0 Å². The van der Waals surface area contributed by atoms with Gasteiger partial charge in [0.2, 0.25) is 0 Å². The Labute approximate surface area is 117 Å². The van der Waals surface area contributed by atoms with E-state index in [1.807, 2.05) is 6.92 Å². The van der Waals surface area contributed by atoms with Gasteiger partial charge in [0.05, 0.1) is 13.2 Å². The van der Waals surface area contributed by atoms with Gasteiger partial charge in [-0.2, -0.15) is 0 Å². The third-order valence-electron chi connectivity index (χ3n) is 3.59. The molecule has 0 spiro atoms. The standard InChI is InChI=1S/C16H27NO2/c1-4-16(14-19-5-2,13-17-11-12-18-3)15-9-7-6-8-10-15/h6-10,17H,4-5,11-14H2,1-3H3. The van der Waals surface area contributed by atoms with Gasteiger partial charge in [-0.25, -0.2) is 0 Å². The molecule has 0 aliphatic heterocycles. The van der Waals surface area contributed by atoms with Crippen LogP contribution >= 0.6 is 0 Å². The molecule has 0 fully saturated rings. The number of rotatable bonds is 10. The Morgan fingerprint density at radius 2 is 1.89 bits per heavy atom. The zero-order valence-corrected chi connectivity index (χ0v) is 12.4. The van der Waals surface area contributed by atoms with Crippen molar-refractivity contribution in [3.63, 3.8) is 0 Å². The first-order valence-corrected chi connectivity index (χ1v) is 7.12. The Morgan fingerprint density at radius 3 is 2.47 bits per heavy atom. The van der Waals surface area contributed by atoms with E-state index in [9.17, 15) is 0 Å². The quantitative estimate of drug-likeness (QED) is 0.660. The molecule has 0 radical (unpaired) electrons. The average molecular weight is 265 g/mol. The monoisotopic (exact) mass is 265 g/mol. The second-order valence-electron chi connectivity index (χ2n) is 4.81. The first-order chi connectivity index (χ1) is 9.29. The summed E-state index contributed by atoms with van der Waals surface area (Å²) < 4.78 is 10.8. The van der Waals surface area contributed by atoms with E-state index in [4.69, 9.17) is 9.47 Å². The van der Waals surface area contributed by atoms with Gasteiger partial charge in [0.25, 0.3) is 0 Å². The molecule has 1 aromatic carbocycles. The van der Waals surface area contributed by atoms with E-state index < -0.39 is 0 Å². The van der Waals surface area contributed by atoms with Crippen LogP contribution in [0.3, 0.4) is 0 Å². The summed E-state index contributed by atoms with van der Waals surface area (Å²) in [5.74, 6) is 0. The van der Waals surface area contributed by atoms with E-state index in [1.165, 1.54) is 5.56 Å². The van der Waals surface area contributed by atoms with Crippen molar-refractivity contribution < 1.29 is 9.47 Å². The first-order valence-electron chi connectivity index (χ1n) is 7.12. The van der Waals surface area contributed by atoms with Crippen molar-refractivity contribution >= 4 is 0 Å². The maximum atomic E-state index is 5.73. The molecule has 3 heteroatoms. The number of nitrogens with one attached hydrogen (secondary N) is 1. The Bertz CT molecular complexity index is 329. The van der Waals surface area contributed by atoms with Crippen molar-refractivity contribution in [2.24, 2.45) is 0 Å². The molecular weight excluding hydrogens is 238 g/mol. The summed E-state index contributed by atoms with van der Waals surface area (Å²) in [5, 5.41) is 3.48. The second kappa shape index (κ2) is 9.08. The number of methoxy groups -OCH3 is 1. The summed E-state index contributed by atoms with van der Waals surface area (Å²) in [6.45, 7) is 8.31. The summed E-state index contributed by atoms with van der Waals surface area (Å²) in [4.78, 5) is 0. The van der Waals surface area contributed by atoms with Gasteiger partial charge < -0.3 is 14.8 Å². The highest BCUT2D eigenvalue weighted by Crippen LogP contribution is 2.27. The van der Waals surface area contributed by atoms with Crippen LogP contribution in [0.2, 0.25) is 0 Å². The number of hydrogen-bond acceptors (Lipinski definition) is 3. The molecule has 108 valence electrons. The molecule has 0 saturated heterocycles. The maximum absolute atomic E-state index is 5.73. The van der Waals surface area contributed by atoms with Crippen LogP contribution in [0, 0.1) is 0 Å². The Hall–Kier alpha value is -0.900. The van der Waals surface area contributed by atoms with Crippen molar-refractivity contribution in [2.45, 2.75) is 25.7 Å². The van der Waals surface area contributed by atoms with Gasteiger partial charge in [0.15, 0.2) is 0 Å². The molecule has 0 saturated carbocycles. The summed E-state index contributed by atoms with van der Waals surface area (Å²) in [5.41, 5.74) is 1.39. The Balaban J connectivity index is 2.75. The normalized spacial score (nSPS) is 14.3. The molecule has 1 aromatic rings. The molecule has 0 heterocycles. The van der Waals surface area contributed by atoms with E-state index in [0.717, 1.165) is 39.3 Å². The van der Waals surface area contributed by atoms with Gasteiger partial charge in [0, 0.05) is 32.2 Å². The molecule has 1 unspecified atom stereocenters. The van der Waals surface area contributed by atoms with E-state index in [-0.39, 0.29) is 5.41 Å². The molecule has 3 nitrogen and oxygen atoms in total. The van der Waals surface area contributed by atoms with Crippen molar-refractivity contribution in [2.75, 3.05) is 40.0 Å². The highest BCUT2D eigenvalue weighted by Gasteiger charge is 2.30. The molecule has 0 aliphatic carbocycles. The molecule has 0 aliphatic rings. The fraction of sp³-hybridized carbons (Fsp3) is 0.625. The van der Waals surface area contributed by atoms with Gasteiger partial charge in [-0.05, 0) is 18.9 Å². The number of hydrogen-bond donors (Lipinski definition) is 1. The van der Waals surface area contributed by atoms with Crippen molar-refractivity contribution in [3.05, 3.63) is 35.9 Å². The number of ether oxygens (including phenoxy) is 2. The van der Waals surface area contributed by atoms with Crippen LogP contribution in [-0.4, -0.2) is 40.0 Å². The highest BCUT2D eigenvalue weighted by atomic mass is 16.5. The summed E-state index contributed by atoms with van der Waals surface area (Å²) in [6, 6.07) is 10.6. The summed E-state index contributed by atoms with van der Waals surface area (Å²) in [6.07, 6.45) is 1.05. The fourth-order valence-corrected chi connectivity index (χ4v) is 2.26. The third-order valence-corrected chi connectivity index (χ3v) is 3.59. The van der Waals surface area contributed by atoms with Crippen molar-refractivity contribution in [1.82, 2.24) is 5.32 Å². The number of benzene rings is 1. The molecular formula is C16H27NO2. The second-order valence-corrected chi connectivity index (χ2v) is 4.81. The minimum absolute atomic E-state index is 0.0466. The molecule has 1 atom stereocenters. The van der Waals surface area contributed by atoms with Crippen molar-refractivity contribution in [1.29, 1.82) is 0 Å². The van der Waals surface area contributed by atoms with Crippen LogP contribution in [0.1, 0.15) is 25.8 Å². The smallest absolute Gasteiger partial charge is 0.0587 e. The van der Waals surface area contributed by atoms with Crippen LogP contribution in [0.15, 0.2) is 30.3 Å². The molecule has 1 N–H and O–H groups in total. The van der Waals surface area contributed by atoms with Gasteiger partial charge in [-0.3, -0.25) is 0 Å². The lowest BCUT2D eigenvalue weighted by Gasteiger charge is -2.33. The summed E-state index contributed by atoms with van der Waals surface area (Å²) in [7, 11) is 1.73. The zero-order chi connectivity index (χ0) is 14.0. The highest BCUT2D eigenvalue weighted by molar-refractivity contribution is 5.26. The molecule has 19 heavy (non-hydrogen) atoms. The molecule has 0 aromatic heterocycles. The van der Waals surface area contributed by atoms with E-state index in [2.05, 4.69) is 42.6 Å². The van der Waals surface area contributed by atoms with Crippen LogP contribution in [0.5, 0.6) is 0 Å². The largest absolute Gasteiger partial charge is 0.383 e. The SMILES string of the molecule is CCOCC(CC)(CNCCOC)c1ccccc1. The topological polar surface area (TPSA) is 30.5 Å². The van der Waals surface area contributed by atoms with Crippen LogP contribution in [0.4, 0.5) is 0 Å². The van der Waals surface area contributed by atoms with Gasteiger partial charge in [-0.1, -0.05) is 37.3 Å². The predicted molar refractivity (Wildman–Crippen MR) is 79.6 cm³/mol. The zero-order valence-electron chi connectivity index (χ0n) is 12.4. The predicted octanol–water partition coefficient (Wildman–Crippen LogP) is 2.61. The van der Waals surface area contributed by atoms with E-state index in [0.29, 0.717) is 0 Å². The minimum atomic E-state index is 0.0466. The maximum Gasteiger partial charge on any atom is 0.0587 e.